The number of carbonyl (C=O) groups excluding carboxylic acids is 2. The molecule has 25 heavy (non-hydrogen) atoms. The van der Waals surface area contributed by atoms with Crippen molar-refractivity contribution in [2.24, 2.45) is 0 Å². The smallest absolute Gasteiger partial charge is 0.296 e. The lowest BCUT2D eigenvalue weighted by Crippen LogP contribution is -2.23. The minimum Gasteiger partial charge on any atom is -0.508 e. The minimum absolute atomic E-state index is 0.0102. The number of aromatic nitrogens is 2. The molecule has 1 amide bonds. The fourth-order valence-electron chi connectivity index (χ4n) is 2.55. The number of fused-ring (bicyclic) bond motifs is 1. The number of Topliss-reactive ketones (excluding diaryl/α,β-unsaturated/α-hetero) is 1. The Kier molecular flexibility index (Phi) is 4.65. The monoisotopic (exact) mass is 377 g/mol. The first-order valence-corrected chi connectivity index (χ1v) is 8.14. The van der Waals surface area contributed by atoms with Crippen molar-refractivity contribution >= 4 is 51.5 Å². The van der Waals surface area contributed by atoms with E-state index >= 15 is 0 Å². The molecule has 8 heteroatoms. The number of aromatic hydroxyl groups is 1. The van der Waals surface area contributed by atoms with Gasteiger partial charge in [0.1, 0.15) is 5.75 Å². The molecule has 2 heterocycles. The predicted octanol–water partition coefficient (Wildman–Crippen LogP) is 3.89. The number of phenols is 1. The van der Waals surface area contributed by atoms with E-state index in [2.05, 4.69) is 10.3 Å². The molecule has 3 rings (SSSR count). The molecular formula is C17H13Cl2N3O3. The summed E-state index contributed by atoms with van der Waals surface area (Å²) >= 11 is 11.9. The number of phenolic OH excluding ortho intramolecular Hbond substituents is 1. The molecule has 0 unspecified atom stereocenters. The van der Waals surface area contributed by atoms with Gasteiger partial charge in [-0.15, -0.1) is 0 Å². The van der Waals surface area contributed by atoms with Gasteiger partial charge in [0, 0.05) is 36.0 Å². The molecule has 6 nitrogen and oxygen atoms in total. The number of amides is 1. The topological polar surface area (TPSA) is 84.2 Å². The summed E-state index contributed by atoms with van der Waals surface area (Å²) in [5.74, 6) is -1.63. The first-order valence-electron chi connectivity index (χ1n) is 7.39. The van der Waals surface area contributed by atoms with Crippen LogP contribution in [0.15, 0.2) is 36.8 Å². The summed E-state index contributed by atoms with van der Waals surface area (Å²) in [5, 5.41) is 12.9. The predicted molar refractivity (Wildman–Crippen MR) is 96.5 cm³/mol. The second-order valence-electron chi connectivity index (χ2n) is 5.29. The number of hydrogen-bond acceptors (Lipinski definition) is 4. The van der Waals surface area contributed by atoms with E-state index in [-0.39, 0.29) is 27.0 Å². The number of nitrogens with zero attached hydrogens (tertiary/aromatic N) is 2. The molecule has 2 aromatic heterocycles. The van der Waals surface area contributed by atoms with Crippen molar-refractivity contribution in [2.75, 3.05) is 5.32 Å². The van der Waals surface area contributed by atoms with Crippen molar-refractivity contribution < 1.29 is 14.7 Å². The Morgan fingerprint density at radius 2 is 1.92 bits per heavy atom. The van der Waals surface area contributed by atoms with Crippen LogP contribution in [-0.2, 0) is 11.3 Å². The molecule has 0 saturated heterocycles. The van der Waals surface area contributed by atoms with Gasteiger partial charge in [0.2, 0.25) is 0 Å². The number of hydrogen-bond donors (Lipinski definition) is 2. The van der Waals surface area contributed by atoms with Gasteiger partial charge in [-0.1, -0.05) is 23.2 Å². The molecular weight excluding hydrogens is 365 g/mol. The zero-order valence-corrected chi connectivity index (χ0v) is 14.6. The van der Waals surface area contributed by atoms with Gasteiger partial charge in [0.05, 0.1) is 21.3 Å². The lowest BCUT2D eigenvalue weighted by Gasteiger charge is -2.07. The zero-order chi connectivity index (χ0) is 18.1. The van der Waals surface area contributed by atoms with E-state index in [1.807, 2.05) is 11.5 Å². The van der Waals surface area contributed by atoms with Gasteiger partial charge >= 0.3 is 0 Å². The first-order chi connectivity index (χ1) is 11.9. The second-order valence-corrected chi connectivity index (χ2v) is 6.11. The second kappa shape index (κ2) is 6.74. The number of halogens is 2. The molecule has 0 aliphatic carbocycles. The molecule has 0 spiro atoms. The van der Waals surface area contributed by atoms with Crippen LogP contribution in [0, 0.1) is 0 Å². The minimum atomic E-state index is -0.881. The van der Waals surface area contributed by atoms with E-state index in [9.17, 15) is 14.7 Å². The molecule has 128 valence electrons. The summed E-state index contributed by atoms with van der Waals surface area (Å²) in [4.78, 5) is 28.8. The molecule has 0 radical (unpaired) electrons. The first kappa shape index (κ1) is 17.3. The molecule has 0 bridgehead atoms. The maximum Gasteiger partial charge on any atom is 0.296 e. The highest BCUT2D eigenvalue weighted by molar-refractivity contribution is 6.50. The summed E-state index contributed by atoms with van der Waals surface area (Å²) in [6.07, 6.45) is 4.21. The Morgan fingerprint density at radius 1 is 1.24 bits per heavy atom. The van der Waals surface area contributed by atoms with E-state index in [0.29, 0.717) is 11.9 Å². The van der Waals surface area contributed by atoms with Crippen LogP contribution in [0.5, 0.6) is 5.75 Å². The van der Waals surface area contributed by atoms with Crippen LogP contribution < -0.4 is 5.32 Å². The highest BCUT2D eigenvalue weighted by Crippen LogP contribution is 2.30. The van der Waals surface area contributed by atoms with Gasteiger partial charge in [-0.2, -0.15) is 0 Å². The van der Waals surface area contributed by atoms with Gasteiger partial charge in [-0.3, -0.25) is 14.6 Å². The van der Waals surface area contributed by atoms with Crippen molar-refractivity contribution in [1.82, 2.24) is 9.55 Å². The summed E-state index contributed by atoms with van der Waals surface area (Å²) in [6.45, 7) is 2.52. The van der Waals surface area contributed by atoms with E-state index in [4.69, 9.17) is 23.2 Å². The van der Waals surface area contributed by atoms with Gasteiger partial charge in [0.15, 0.2) is 0 Å². The van der Waals surface area contributed by atoms with Gasteiger partial charge in [-0.25, -0.2) is 0 Å². The Hall–Kier alpha value is -2.57. The fraction of sp³-hybridized carbons (Fsp3) is 0.118. The van der Waals surface area contributed by atoms with Crippen LogP contribution in [-0.4, -0.2) is 26.3 Å². The number of aryl methyl sites for hydroxylation is 1. The highest BCUT2D eigenvalue weighted by Gasteiger charge is 2.23. The quantitative estimate of drug-likeness (QED) is 0.533. The maximum atomic E-state index is 12.6. The van der Waals surface area contributed by atoms with Gasteiger partial charge in [-0.05, 0) is 25.1 Å². The summed E-state index contributed by atoms with van der Waals surface area (Å²) in [6, 6.07) is 4.67. The largest absolute Gasteiger partial charge is 0.508 e. The molecule has 0 atom stereocenters. The average Bonchev–Trinajstić information content (AvgIpc) is 2.95. The van der Waals surface area contributed by atoms with Crippen molar-refractivity contribution in [1.29, 1.82) is 0 Å². The van der Waals surface area contributed by atoms with E-state index < -0.39 is 11.7 Å². The van der Waals surface area contributed by atoms with Crippen LogP contribution in [0.1, 0.15) is 17.3 Å². The van der Waals surface area contributed by atoms with Crippen LogP contribution in [0.25, 0.3) is 10.9 Å². The number of rotatable bonds is 4. The average molecular weight is 378 g/mol. The van der Waals surface area contributed by atoms with Crippen LogP contribution in [0.3, 0.4) is 0 Å². The van der Waals surface area contributed by atoms with Crippen molar-refractivity contribution in [3.63, 3.8) is 0 Å². The Balaban J connectivity index is 1.99. The number of pyridine rings is 1. The SMILES string of the molecule is CCn1cc(C(=O)C(=O)Nc2c(Cl)cncc2Cl)c2cc(O)ccc21. The highest BCUT2D eigenvalue weighted by atomic mass is 35.5. The van der Waals surface area contributed by atoms with E-state index in [1.165, 1.54) is 24.5 Å². The number of carbonyl (C=O) groups is 2. The van der Waals surface area contributed by atoms with E-state index in [0.717, 1.165) is 5.52 Å². The number of nitrogens with one attached hydrogen (secondary N) is 1. The standard InChI is InChI=1S/C17H13Cl2N3O3/c1-2-22-8-11(10-5-9(23)3-4-14(10)22)16(24)17(25)21-15-12(18)6-20-7-13(15)19/h3-8,23H,2H2,1H3,(H,20,21,25). The number of benzene rings is 1. The number of anilines is 1. The third kappa shape index (κ3) is 3.18. The Bertz CT molecular complexity index is 978. The Labute approximate surface area is 153 Å². The zero-order valence-electron chi connectivity index (χ0n) is 13.1. The molecule has 0 saturated carbocycles. The molecule has 0 aliphatic rings. The normalized spacial score (nSPS) is 10.8. The molecule has 3 aromatic rings. The molecule has 2 N–H and O–H groups in total. The fourth-order valence-corrected chi connectivity index (χ4v) is 3.01. The lowest BCUT2D eigenvalue weighted by molar-refractivity contribution is -0.112. The molecule has 0 fully saturated rings. The molecule has 0 aliphatic heterocycles. The van der Waals surface area contributed by atoms with Crippen molar-refractivity contribution in [3.05, 3.63) is 52.4 Å². The third-order valence-electron chi connectivity index (χ3n) is 3.75. The lowest BCUT2D eigenvalue weighted by atomic mass is 10.1. The molecule has 1 aromatic carbocycles. The maximum absolute atomic E-state index is 12.6. The van der Waals surface area contributed by atoms with E-state index in [1.54, 1.807) is 12.3 Å². The van der Waals surface area contributed by atoms with Gasteiger partial charge < -0.3 is 15.0 Å². The summed E-state index contributed by atoms with van der Waals surface area (Å²) < 4.78 is 1.82. The van der Waals surface area contributed by atoms with Crippen LogP contribution in [0.4, 0.5) is 5.69 Å². The number of ketones is 1. The van der Waals surface area contributed by atoms with Gasteiger partial charge in [0.25, 0.3) is 11.7 Å². The Morgan fingerprint density at radius 3 is 2.56 bits per heavy atom. The third-order valence-corrected chi connectivity index (χ3v) is 4.32. The summed E-state index contributed by atoms with van der Waals surface area (Å²) in [7, 11) is 0. The van der Waals surface area contributed by atoms with Crippen LogP contribution >= 0.6 is 23.2 Å². The van der Waals surface area contributed by atoms with Crippen molar-refractivity contribution in [2.45, 2.75) is 13.5 Å². The summed E-state index contributed by atoms with van der Waals surface area (Å²) in [5.41, 5.74) is 1.06. The van der Waals surface area contributed by atoms with Crippen LogP contribution in [0.2, 0.25) is 10.0 Å². The van der Waals surface area contributed by atoms with Crippen molar-refractivity contribution in [3.8, 4) is 5.75 Å².